The van der Waals surface area contributed by atoms with Crippen LogP contribution in [-0.2, 0) is 24.5 Å². The maximum Gasteiger partial charge on any atom is 0.433 e. The van der Waals surface area contributed by atoms with Gasteiger partial charge in [0.2, 0.25) is 0 Å². The number of alkyl halides is 3. The SMILES string of the molecule is COCCCn1c(=O)c2ccc(C(F)(F)F)nc2n(C)c1=O. The largest absolute Gasteiger partial charge is 0.433 e. The van der Waals surface area contributed by atoms with Crippen LogP contribution in [0.5, 0.6) is 0 Å². The molecule has 0 atom stereocenters. The van der Waals surface area contributed by atoms with Crippen molar-refractivity contribution in [1.29, 1.82) is 0 Å². The van der Waals surface area contributed by atoms with E-state index in [-0.39, 0.29) is 17.6 Å². The van der Waals surface area contributed by atoms with E-state index in [1.54, 1.807) is 0 Å². The molecule has 2 aromatic heterocycles. The topological polar surface area (TPSA) is 66.1 Å². The van der Waals surface area contributed by atoms with Gasteiger partial charge in [-0.25, -0.2) is 9.78 Å². The Hall–Kier alpha value is -2.16. The summed E-state index contributed by atoms with van der Waals surface area (Å²) in [7, 11) is 2.77. The highest BCUT2D eigenvalue weighted by molar-refractivity contribution is 5.74. The van der Waals surface area contributed by atoms with Crippen molar-refractivity contribution in [2.24, 2.45) is 7.05 Å². The van der Waals surface area contributed by atoms with E-state index in [0.29, 0.717) is 13.0 Å². The molecule has 0 aromatic carbocycles. The monoisotopic (exact) mass is 317 g/mol. The lowest BCUT2D eigenvalue weighted by atomic mass is 10.2. The molecule has 120 valence electrons. The summed E-state index contributed by atoms with van der Waals surface area (Å²) in [6.07, 6.45) is -4.21. The van der Waals surface area contributed by atoms with Crippen molar-refractivity contribution in [2.45, 2.75) is 19.1 Å². The van der Waals surface area contributed by atoms with E-state index < -0.39 is 23.1 Å². The molecule has 6 nitrogen and oxygen atoms in total. The van der Waals surface area contributed by atoms with Gasteiger partial charge in [0, 0.05) is 27.3 Å². The van der Waals surface area contributed by atoms with Gasteiger partial charge < -0.3 is 4.74 Å². The average molecular weight is 317 g/mol. The molecule has 0 fully saturated rings. The number of hydrogen-bond acceptors (Lipinski definition) is 4. The normalized spacial score (nSPS) is 12.0. The summed E-state index contributed by atoms with van der Waals surface area (Å²) in [5.41, 5.74) is -2.80. The highest BCUT2D eigenvalue weighted by Crippen LogP contribution is 2.28. The Kier molecular flexibility index (Phi) is 4.36. The lowest BCUT2D eigenvalue weighted by Gasteiger charge is -2.12. The van der Waals surface area contributed by atoms with Crippen LogP contribution in [0.3, 0.4) is 0 Å². The van der Waals surface area contributed by atoms with Gasteiger partial charge in [0.15, 0.2) is 0 Å². The van der Waals surface area contributed by atoms with Gasteiger partial charge in [-0.3, -0.25) is 13.9 Å². The number of halogens is 3. The molecule has 9 heteroatoms. The summed E-state index contributed by atoms with van der Waals surface area (Å²) in [5.74, 6) is 0. The maximum atomic E-state index is 12.7. The van der Waals surface area contributed by atoms with Crippen LogP contribution in [0.25, 0.3) is 11.0 Å². The van der Waals surface area contributed by atoms with Gasteiger partial charge in [0.25, 0.3) is 5.56 Å². The van der Waals surface area contributed by atoms with Crippen molar-refractivity contribution in [1.82, 2.24) is 14.1 Å². The number of ether oxygens (including phenoxy) is 1. The average Bonchev–Trinajstić information content (AvgIpc) is 2.47. The molecule has 0 radical (unpaired) electrons. The van der Waals surface area contributed by atoms with Gasteiger partial charge in [0.05, 0.1) is 5.39 Å². The summed E-state index contributed by atoms with van der Waals surface area (Å²) in [5, 5.41) is -0.0347. The summed E-state index contributed by atoms with van der Waals surface area (Å²) >= 11 is 0. The fraction of sp³-hybridized carbons (Fsp3) is 0.462. The zero-order chi connectivity index (χ0) is 16.5. The molecule has 0 saturated heterocycles. The van der Waals surface area contributed by atoms with E-state index in [2.05, 4.69) is 4.98 Å². The van der Waals surface area contributed by atoms with Crippen molar-refractivity contribution in [2.75, 3.05) is 13.7 Å². The molecule has 2 heterocycles. The van der Waals surface area contributed by atoms with Crippen LogP contribution < -0.4 is 11.2 Å². The quantitative estimate of drug-likeness (QED) is 0.794. The molecule has 0 saturated carbocycles. The number of aromatic nitrogens is 3. The van der Waals surface area contributed by atoms with Crippen molar-refractivity contribution >= 4 is 11.0 Å². The van der Waals surface area contributed by atoms with E-state index in [1.165, 1.54) is 14.2 Å². The first kappa shape index (κ1) is 16.2. The van der Waals surface area contributed by atoms with Gasteiger partial charge in [-0.1, -0.05) is 0 Å². The Balaban J connectivity index is 2.65. The highest BCUT2D eigenvalue weighted by Gasteiger charge is 2.33. The minimum Gasteiger partial charge on any atom is -0.385 e. The van der Waals surface area contributed by atoms with Crippen LogP contribution in [-0.4, -0.2) is 27.8 Å². The van der Waals surface area contributed by atoms with Gasteiger partial charge in [0.1, 0.15) is 11.3 Å². The van der Waals surface area contributed by atoms with Gasteiger partial charge >= 0.3 is 11.9 Å². The lowest BCUT2D eigenvalue weighted by Crippen LogP contribution is -2.39. The molecule has 22 heavy (non-hydrogen) atoms. The zero-order valence-corrected chi connectivity index (χ0v) is 12.0. The first-order chi connectivity index (χ1) is 10.3. The van der Waals surface area contributed by atoms with E-state index in [0.717, 1.165) is 21.3 Å². The van der Waals surface area contributed by atoms with Crippen LogP contribution in [0.15, 0.2) is 21.7 Å². The maximum absolute atomic E-state index is 12.7. The molecule has 2 rings (SSSR count). The molecular formula is C13H14F3N3O3. The number of methoxy groups -OCH3 is 1. The fourth-order valence-corrected chi connectivity index (χ4v) is 2.10. The predicted octanol–water partition coefficient (Wildman–Crippen LogP) is 1.15. The smallest absolute Gasteiger partial charge is 0.385 e. The first-order valence-electron chi connectivity index (χ1n) is 6.44. The van der Waals surface area contributed by atoms with E-state index in [9.17, 15) is 22.8 Å². The number of rotatable bonds is 4. The van der Waals surface area contributed by atoms with Gasteiger partial charge in [-0.05, 0) is 18.6 Å². The van der Waals surface area contributed by atoms with Gasteiger partial charge in [-0.15, -0.1) is 0 Å². The third kappa shape index (κ3) is 2.89. The van der Waals surface area contributed by atoms with E-state index in [4.69, 9.17) is 4.74 Å². The van der Waals surface area contributed by atoms with Gasteiger partial charge in [-0.2, -0.15) is 13.2 Å². The van der Waals surface area contributed by atoms with Crippen LogP contribution in [0, 0.1) is 0 Å². The summed E-state index contributed by atoms with van der Waals surface area (Å²) in [6.45, 7) is 0.481. The molecule has 0 spiro atoms. The number of aryl methyl sites for hydroxylation is 1. The second kappa shape index (κ2) is 5.91. The number of pyridine rings is 1. The minimum atomic E-state index is -4.64. The molecule has 0 bridgehead atoms. The Morgan fingerprint density at radius 1 is 1.27 bits per heavy atom. The molecule has 0 aliphatic rings. The standard InChI is InChI=1S/C13H14F3N3O3/c1-18-10-8(4-5-9(17-10)13(14,15)16)11(20)19(12(18)21)6-3-7-22-2/h4-5H,3,6-7H2,1-2H3. The van der Waals surface area contributed by atoms with Crippen molar-refractivity contribution in [3.05, 3.63) is 38.7 Å². The van der Waals surface area contributed by atoms with Crippen LogP contribution >= 0.6 is 0 Å². The number of fused-ring (bicyclic) bond motifs is 1. The fourth-order valence-electron chi connectivity index (χ4n) is 2.10. The number of hydrogen-bond donors (Lipinski definition) is 0. The molecule has 0 aliphatic heterocycles. The number of nitrogens with zero attached hydrogens (tertiary/aromatic N) is 3. The Morgan fingerprint density at radius 2 is 1.95 bits per heavy atom. The molecule has 0 aliphatic carbocycles. The summed E-state index contributed by atoms with van der Waals surface area (Å²) in [6, 6.07) is 1.77. The van der Waals surface area contributed by atoms with E-state index >= 15 is 0 Å². The van der Waals surface area contributed by atoms with Crippen molar-refractivity contribution in [3.8, 4) is 0 Å². The predicted molar refractivity (Wildman–Crippen MR) is 72.7 cm³/mol. The zero-order valence-electron chi connectivity index (χ0n) is 12.0. The molecule has 0 N–H and O–H groups in total. The Bertz CT molecular complexity index is 808. The molecule has 0 amide bonds. The second-order valence-electron chi connectivity index (χ2n) is 4.71. The summed E-state index contributed by atoms with van der Waals surface area (Å²) in [4.78, 5) is 27.8. The molecule has 0 unspecified atom stereocenters. The Labute approximate surface area is 122 Å². The Morgan fingerprint density at radius 3 is 2.55 bits per heavy atom. The minimum absolute atomic E-state index is 0.0347. The van der Waals surface area contributed by atoms with E-state index in [1.807, 2.05) is 0 Å². The third-order valence-electron chi connectivity index (χ3n) is 3.21. The second-order valence-corrected chi connectivity index (χ2v) is 4.71. The van der Waals surface area contributed by atoms with Crippen LogP contribution in [0.4, 0.5) is 13.2 Å². The highest BCUT2D eigenvalue weighted by atomic mass is 19.4. The van der Waals surface area contributed by atoms with Crippen LogP contribution in [0.2, 0.25) is 0 Å². The summed E-state index contributed by atoms with van der Waals surface area (Å²) < 4.78 is 44.8. The third-order valence-corrected chi connectivity index (χ3v) is 3.21. The molecule has 2 aromatic rings. The molecular weight excluding hydrogens is 303 g/mol. The van der Waals surface area contributed by atoms with Crippen LogP contribution in [0.1, 0.15) is 12.1 Å². The van der Waals surface area contributed by atoms with Crippen molar-refractivity contribution < 1.29 is 17.9 Å². The van der Waals surface area contributed by atoms with Crippen molar-refractivity contribution in [3.63, 3.8) is 0 Å². The lowest BCUT2D eigenvalue weighted by molar-refractivity contribution is -0.141. The first-order valence-corrected chi connectivity index (χ1v) is 6.44.